The second-order valence-corrected chi connectivity index (χ2v) is 7.11. The monoisotopic (exact) mass is 384 g/mol. The SMILES string of the molecule is C=C1CN[C@@H](c2ccc(OC)cc2)[C@@H]1C(=O)N(c1ccccc1)c1ccccc1. The minimum Gasteiger partial charge on any atom is -0.497 e. The van der Waals surface area contributed by atoms with Crippen molar-refractivity contribution in [1.29, 1.82) is 0 Å². The molecule has 0 aliphatic carbocycles. The summed E-state index contributed by atoms with van der Waals surface area (Å²) in [6.07, 6.45) is 0. The van der Waals surface area contributed by atoms with Crippen molar-refractivity contribution in [3.63, 3.8) is 0 Å². The molecule has 0 unspecified atom stereocenters. The zero-order valence-corrected chi connectivity index (χ0v) is 16.4. The lowest BCUT2D eigenvalue weighted by atomic mass is 9.90. The van der Waals surface area contributed by atoms with Crippen LogP contribution in [0.4, 0.5) is 11.4 Å². The van der Waals surface area contributed by atoms with Gasteiger partial charge in [0.15, 0.2) is 0 Å². The van der Waals surface area contributed by atoms with E-state index in [4.69, 9.17) is 4.74 Å². The van der Waals surface area contributed by atoms with Crippen molar-refractivity contribution in [2.45, 2.75) is 6.04 Å². The Morgan fingerprint density at radius 2 is 1.48 bits per heavy atom. The number of carbonyl (C=O) groups is 1. The third kappa shape index (κ3) is 3.80. The second-order valence-electron chi connectivity index (χ2n) is 7.11. The van der Waals surface area contributed by atoms with Gasteiger partial charge in [0.05, 0.1) is 13.0 Å². The van der Waals surface area contributed by atoms with E-state index in [1.54, 1.807) is 12.0 Å². The van der Waals surface area contributed by atoms with E-state index in [2.05, 4.69) is 11.9 Å². The summed E-state index contributed by atoms with van der Waals surface area (Å²) < 4.78 is 5.27. The van der Waals surface area contributed by atoms with E-state index in [1.807, 2.05) is 84.9 Å². The summed E-state index contributed by atoms with van der Waals surface area (Å²) in [6, 6.07) is 27.2. The Kier molecular flexibility index (Phi) is 5.45. The van der Waals surface area contributed by atoms with Crippen molar-refractivity contribution in [3.8, 4) is 5.75 Å². The average Bonchev–Trinajstić information content (AvgIpc) is 3.17. The molecule has 4 heteroatoms. The van der Waals surface area contributed by atoms with Crippen molar-refractivity contribution >= 4 is 17.3 Å². The number of amides is 1. The number of anilines is 2. The highest BCUT2D eigenvalue weighted by Gasteiger charge is 2.39. The topological polar surface area (TPSA) is 41.6 Å². The number of nitrogens with one attached hydrogen (secondary N) is 1. The number of methoxy groups -OCH3 is 1. The molecule has 1 aliphatic rings. The average molecular weight is 384 g/mol. The Hall–Kier alpha value is -3.37. The zero-order valence-electron chi connectivity index (χ0n) is 16.4. The predicted octanol–water partition coefficient (Wildman–Crippen LogP) is 4.88. The molecule has 3 aromatic carbocycles. The Morgan fingerprint density at radius 1 is 0.931 bits per heavy atom. The Bertz CT molecular complexity index is 945. The molecule has 1 N–H and O–H groups in total. The van der Waals surface area contributed by atoms with E-state index in [9.17, 15) is 4.79 Å². The van der Waals surface area contributed by atoms with E-state index < -0.39 is 0 Å². The summed E-state index contributed by atoms with van der Waals surface area (Å²) in [5, 5.41) is 3.46. The van der Waals surface area contributed by atoms with Gasteiger partial charge in [-0.05, 0) is 47.5 Å². The van der Waals surface area contributed by atoms with Gasteiger partial charge in [0, 0.05) is 24.0 Å². The molecule has 1 saturated heterocycles. The second kappa shape index (κ2) is 8.33. The summed E-state index contributed by atoms with van der Waals surface area (Å²) in [5.41, 5.74) is 3.63. The summed E-state index contributed by atoms with van der Waals surface area (Å²) in [6.45, 7) is 4.82. The Labute approximate surface area is 171 Å². The molecule has 0 aromatic heterocycles. The summed E-state index contributed by atoms with van der Waals surface area (Å²) in [4.78, 5) is 15.7. The number of benzene rings is 3. The lowest BCUT2D eigenvalue weighted by Crippen LogP contribution is -2.35. The van der Waals surface area contributed by atoms with Gasteiger partial charge in [-0.25, -0.2) is 0 Å². The van der Waals surface area contributed by atoms with Crippen LogP contribution in [-0.2, 0) is 4.79 Å². The van der Waals surface area contributed by atoms with Gasteiger partial charge < -0.3 is 10.1 Å². The first-order chi connectivity index (χ1) is 14.2. The summed E-state index contributed by atoms with van der Waals surface area (Å²) >= 11 is 0. The van der Waals surface area contributed by atoms with Gasteiger partial charge in [0.2, 0.25) is 5.91 Å². The molecule has 1 aliphatic heterocycles. The highest BCUT2D eigenvalue weighted by atomic mass is 16.5. The molecule has 0 bridgehead atoms. The van der Waals surface area contributed by atoms with Crippen molar-refractivity contribution in [2.24, 2.45) is 5.92 Å². The first-order valence-corrected chi connectivity index (χ1v) is 9.68. The lowest BCUT2D eigenvalue weighted by Gasteiger charge is -2.29. The predicted molar refractivity (Wildman–Crippen MR) is 116 cm³/mol. The van der Waals surface area contributed by atoms with E-state index >= 15 is 0 Å². The van der Waals surface area contributed by atoms with Crippen LogP contribution >= 0.6 is 0 Å². The smallest absolute Gasteiger partial charge is 0.240 e. The van der Waals surface area contributed by atoms with Crippen molar-refractivity contribution in [2.75, 3.05) is 18.6 Å². The van der Waals surface area contributed by atoms with Crippen LogP contribution in [0.5, 0.6) is 5.75 Å². The van der Waals surface area contributed by atoms with Gasteiger partial charge in [-0.15, -0.1) is 0 Å². The van der Waals surface area contributed by atoms with Gasteiger partial charge in [-0.3, -0.25) is 9.69 Å². The maximum Gasteiger partial charge on any atom is 0.240 e. The van der Waals surface area contributed by atoms with Crippen LogP contribution in [0, 0.1) is 5.92 Å². The lowest BCUT2D eigenvalue weighted by molar-refractivity contribution is -0.120. The van der Waals surface area contributed by atoms with Gasteiger partial charge in [0.25, 0.3) is 0 Å². The number of carbonyl (C=O) groups excluding carboxylic acids is 1. The molecule has 0 saturated carbocycles. The number of hydrogen-bond acceptors (Lipinski definition) is 3. The Morgan fingerprint density at radius 3 is 2.00 bits per heavy atom. The molecule has 4 nitrogen and oxygen atoms in total. The zero-order chi connectivity index (χ0) is 20.2. The highest BCUT2D eigenvalue weighted by molar-refractivity contribution is 6.03. The largest absolute Gasteiger partial charge is 0.497 e. The fraction of sp³-hybridized carbons (Fsp3) is 0.160. The Balaban J connectivity index is 1.72. The third-order valence-electron chi connectivity index (χ3n) is 5.31. The van der Waals surface area contributed by atoms with Crippen LogP contribution in [0.15, 0.2) is 97.1 Å². The van der Waals surface area contributed by atoms with Crippen LogP contribution in [0.2, 0.25) is 0 Å². The van der Waals surface area contributed by atoms with Gasteiger partial charge in [-0.1, -0.05) is 55.1 Å². The maximum atomic E-state index is 13.9. The van der Waals surface area contributed by atoms with Crippen LogP contribution in [0.25, 0.3) is 0 Å². The quantitative estimate of drug-likeness (QED) is 0.638. The number of rotatable bonds is 5. The molecule has 1 heterocycles. The van der Waals surface area contributed by atoms with E-state index in [0.29, 0.717) is 6.54 Å². The maximum absolute atomic E-state index is 13.9. The molecule has 29 heavy (non-hydrogen) atoms. The minimum atomic E-state index is -0.358. The van der Waals surface area contributed by atoms with Crippen LogP contribution in [0.1, 0.15) is 11.6 Å². The fourth-order valence-corrected chi connectivity index (χ4v) is 3.84. The van der Waals surface area contributed by atoms with E-state index in [-0.39, 0.29) is 17.9 Å². The highest BCUT2D eigenvalue weighted by Crippen LogP contribution is 2.38. The standard InChI is InChI=1S/C25H24N2O2/c1-18-17-26-24(19-13-15-22(29-2)16-14-19)23(18)25(28)27(20-9-5-3-6-10-20)21-11-7-4-8-12-21/h3-16,23-24,26H,1,17H2,2H3/t23-,24+/m1/s1. The number of para-hydroxylation sites is 2. The molecule has 1 fully saturated rings. The molecule has 4 rings (SSSR count). The molecular weight excluding hydrogens is 360 g/mol. The molecular formula is C25H24N2O2. The number of hydrogen-bond donors (Lipinski definition) is 1. The molecule has 0 spiro atoms. The molecule has 1 amide bonds. The fourth-order valence-electron chi connectivity index (χ4n) is 3.84. The number of nitrogens with zero attached hydrogens (tertiary/aromatic N) is 1. The van der Waals surface area contributed by atoms with E-state index in [0.717, 1.165) is 28.3 Å². The molecule has 146 valence electrons. The molecule has 0 radical (unpaired) electrons. The van der Waals surface area contributed by atoms with Crippen molar-refractivity contribution in [1.82, 2.24) is 5.32 Å². The number of ether oxygens (including phenoxy) is 1. The van der Waals surface area contributed by atoms with Crippen LogP contribution in [0.3, 0.4) is 0 Å². The van der Waals surface area contributed by atoms with Crippen molar-refractivity contribution < 1.29 is 9.53 Å². The third-order valence-corrected chi connectivity index (χ3v) is 5.31. The first kappa shape index (κ1) is 19.0. The van der Waals surface area contributed by atoms with Gasteiger partial charge in [0.1, 0.15) is 5.75 Å². The molecule has 3 aromatic rings. The van der Waals surface area contributed by atoms with E-state index in [1.165, 1.54) is 0 Å². The minimum absolute atomic E-state index is 0.0122. The van der Waals surface area contributed by atoms with Gasteiger partial charge in [-0.2, -0.15) is 0 Å². The van der Waals surface area contributed by atoms with Crippen LogP contribution < -0.4 is 15.0 Å². The van der Waals surface area contributed by atoms with Crippen molar-refractivity contribution in [3.05, 3.63) is 103 Å². The van der Waals surface area contributed by atoms with Gasteiger partial charge >= 0.3 is 0 Å². The summed E-state index contributed by atoms with van der Waals surface area (Å²) in [5.74, 6) is 0.450. The molecule has 2 atom stereocenters. The van der Waals surface area contributed by atoms with Crippen LogP contribution in [-0.4, -0.2) is 19.6 Å². The summed E-state index contributed by atoms with van der Waals surface area (Å²) in [7, 11) is 1.65. The first-order valence-electron chi connectivity index (χ1n) is 9.68. The normalized spacial score (nSPS) is 18.4.